The lowest BCUT2D eigenvalue weighted by Gasteiger charge is -2.19. The normalized spacial score (nSPS) is 17.1. The summed E-state index contributed by atoms with van der Waals surface area (Å²) >= 11 is 0. The smallest absolute Gasteiger partial charge is 0.239 e. The lowest BCUT2D eigenvalue weighted by atomic mass is 9.95. The van der Waals surface area contributed by atoms with Crippen LogP contribution in [0.25, 0.3) is 0 Å². The van der Waals surface area contributed by atoms with Crippen molar-refractivity contribution in [2.24, 2.45) is 11.7 Å². The Morgan fingerprint density at radius 1 is 1.30 bits per heavy atom. The number of carbonyl (C=O) groups excluding carboxylic acids is 2. The van der Waals surface area contributed by atoms with Gasteiger partial charge < -0.3 is 16.4 Å². The number of nitrogens with two attached hydrogens (primary N) is 1. The number of nitrogens with one attached hydrogen (secondary N) is 2. The minimum atomic E-state index is -0.383. The summed E-state index contributed by atoms with van der Waals surface area (Å²) in [4.78, 5) is 23.5. The molecule has 1 saturated carbocycles. The highest BCUT2D eigenvalue weighted by Gasteiger charge is 2.25. The molecule has 1 aliphatic rings. The summed E-state index contributed by atoms with van der Waals surface area (Å²) in [7, 11) is 0. The molecular weight excluding hydrogens is 254 g/mol. The van der Waals surface area contributed by atoms with Crippen LogP contribution in [0.1, 0.15) is 31.4 Å². The predicted molar refractivity (Wildman–Crippen MR) is 76.7 cm³/mol. The van der Waals surface area contributed by atoms with E-state index in [1.807, 2.05) is 30.3 Å². The quantitative estimate of drug-likeness (QED) is 0.715. The molecule has 5 nitrogen and oxygen atoms in total. The molecule has 0 heterocycles. The Morgan fingerprint density at radius 3 is 2.55 bits per heavy atom. The second-order valence-electron chi connectivity index (χ2n) is 5.28. The van der Waals surface area contributed by atoms with E-state index in [1.54, 1.807) is 6.92 Å². The Hall–Kier alpha value is -1.88. The van der Waals surface area contributed by atoms with Gasteiger partial charge in [0.1, 0.15) is 0 Å². The third kappa shape index (κ3) is 4.06. The maximum atomic E-state index is 12.0. The molecule has 0 radical (unpaired) electrons. The van der Waals surface area contributed by atoms with Crippen molar-refractivity contribution in [1.29, 1.82) is 0 Å². The molecule has 1 fully saturated rings. The van der Waals surface area contributed by atoms with Crippen LogP contribution in [0.3, 0.4) is 0 Å². The second-order valence-corrected chi connectivity index (χ2v) is 5.28. The summed E-state index contributed by atoms with van der Waals surface area (Å²) in [5.41, 5.74) is 6.99. The van der Waals surface area contributed by atoms with Gasteiger partial charge in [0, 0.05) is 12.1 Å². The molecule has 2 unspecified atom stereocenters. The van der Waals surface area contributed by atoms with Gasteiger partial charge in [0.05, 0.1) is 12.5 Å². The molecule has 108 valence electrons. The fourth-order valence-corrected chi connectivity index (χ4v) is 1.96. The number of hydrogen-bond donors (Lipinski definition) is 3. The van der Waals surface area contributed by atoms with Gasteiger partial charge in [0.2, 0.25) is 11.8 Å². The van der Waals surface area contributed by atoms with Gasteiger partial charge >= 0.3 is 0 Å². The standard InChI is InChI=1S/C15H21N3O2/c1-10(14(16)11-5-3-2-4-6-11)15(20)17-9-13(19)18-12-7-8-12/h2-6,10,12,14H,7-9,16H2,1H3,(H,17,20)(H,18,19). The van der Waals surface area contributed by atoms with E-state index >= 15 is 0 Å². The summed E-state index contributed by atoms with van der Waals surface area (Å²) in [5.74, 6) is -0.722. The first-order chi connectivity index (χ1) is 9.58. The molecule has 0 saturated heterocycles. The van der Waals surface area contributed by atoms with E-state index in [-0.39, 0.29) is 30.3 Å². The van der Waals surface area contributed by atoms with Gasteiger partial charge in [-0.2, -0.15) is 0 Å². The zero-order chi connectivity index (χ0) is 14.5. The first-order valence-electron chi connectivity index (χ1n) is 6.95. The fourth-order valence-electron chi connectivity index (χ4n) is 1.96. The molecule has 0 bridgehead atoms. The van der Waals surface area contributed by atoms with Crippen molar-refractivity contribution in [2.75, 3.05) is 6.54 Å². The molecule has 5 heteroatoms. The zero-order valence-corrected chi connectivity index (χ0v) is 11.6. The van der Waals surface area contributed by atoms with Crippen LogP contribution in [0.2, 0.25) is 0 Å². The Labute approximate surface area is 118 Å². The first-order valence-corrected chi connectivity index (χ1v) is 6.95. The summed E-state index contributed by atoms with van der Waals surface area (Å²) < 4.78 is 0. The largest absolute Gasteiger partial charge is 0.352 e. The Kier molecular flexibility index (Phi) is 4.74. The van der Waals surface area contributed by atoms with Crippen molar-refractivity contribution in [3.8, 4) is 0 Å². The monoisotopic (exact) mass is 275 g/mol. The maximum absolute atomic E-state index is 12.0. The lowest BCUT2D eigenvalue weighted by Crippen LogP contribution is -2.42. The SMILES string of the molecule is CC(C(=O)NCC(=O)NC1CC1)C(N)c1ccccc1. The van der Waals surface area contributed by atoms with E-state index in [0.717, 1.165) is 18.4 Å². The van der Waals surface area contributed by atoms with E-state index < -0.39 is 0 Å². The molecule has 1 aliphatic carbocycles. The average molecular weight is 275 g/mol. The molecule has 4 N–H and O–H groups in total. The molecule has 20 heavy (non-hydrogen) atoms. The predicted octanol–water partition coefficient (Wildman–Crippen LogP) is 0.717. The van der Waals surface area contributed by atoms with Crippen LogP contribution < -0.4 is 16.4 Å². The minimum absolute atomic E-state index is 0.0151. The van der Waals surface area contributed by atoms with Crippen LogP contribution in [-0.4, -0.2) is 24.4 Å². The molecular formula is C15H21N3O2. The number of amides is 2. The van der Waals surface area contributed by atoms with Crippen molar-refractivity contribution in [2.45, 2.75) is 31.8 Å². The molecule has 1 aromatic carbocycles. The molecule has 2 rings (SSSR count). The maximum Gasteiger partial charge on any atom is 0.239 e. The van der Waals surface area contributed by atoms with Crippen LogP contribution in [0, 0.1) is 5.92 Å². The summed E-state index contributed by atoms with van der Waals surface area (Å²) in [6.07, 6.45) is 2.07. The van der Waals surface area contributed by atoms with Gasteiger partial charge in [-0.15, -0.1) is 0 Å². The highest BCUT2D eigenvalue weighted by molar-refractivity contribution is 5.86. The van der Waals surface area contributed by atoms with Crippen molar-refractivity contribution in [3.63, 3.8) is 0 Å². The van der Waals surface area contributed by atoms with E-state index in [0.29, 0.717) is 6.04 Å². The molecule has 2 amide bonds. The highest BCUT2D eigenvalue weighted by atomic mass is 16.2. The molecule has 0 aromatic heterocycles. The average Bonchev–Trinajstić information content (AvgIpc) is 3.28. The van der Waals surface area contributed by atoms with Crippen molar-refractivity contribution in [3.05, 3.63) is 35.9 Å². The molecule has 0 spiro atoms. The highest BCUT2D eigenvalue weighted by Crippen LogP contribution is 2.19. The van der Waals surface area contributed by atoms with Crippen LogP contribution >= 0.6 is 0 Å². The number of hydrogen-bond acceptors (Lipinski definition) is 3. The van der Waals surface area contributed by atoms with E-state index in [4.69, 9.17) is 5.73 Å². The Morgan fingerprint density at radius 2 is 1.95 bits per heavy atom. The summed E-state index contributed by atoms with van der Waals surface area (Å²) in [6, 6.07) is 9.42. The van der Waals surface area contributed by atoms with Gasteiger partial charge in [0.15, 0.2) is 0 Å². The van der Waals surface area contributed by atoms with Crippen LogP contribution in [0.4, 0.5) is 0 Å². The third-order valence-corrected chi connectivity index (χ3v) is 3.50. The van der Waals surface area contributed by atoms with Crippen molar-refractivity contribution in [1.82, 2.24) is 10.6 Å². The molecule has 1 aromatic rings. The van der Waals surface area contributed by atoms with Crippen molar-refractivity contribution >= 4 is 11.8 Å². The first kappa shape index (κ1) is 14.5. The summed E-state index contributed by atoms with van der Waals surface area (Å²) in [6.45, 7) is 1.78. The van der Waals surface area contributed by atoms with Crippen LogP contribution in [0.5, 0.6) is 0 Å². The lowest BCUT2D eigenvalue weighted by molar-refractivity contribution is -0.128. The van der Waals surface area contributed by atoms with E-state index in [9.17, 15) is 9.59 Å². The van der Waals surface area contributed by atoms with Gasteiger partial charge in [-0.05, 0) is 18.4 Å². The van der Waals surface area contributed by atoms with Gasteiger partial charge in [-0.25, -0.2) is 0 Å². The summed E-state index contributed by atoms with van der Waals surface area (Å²) in [5, 5.41) is 5.46. The van der Waals surface area contributed by atoms with E-state index in [2.05, 4.69) is 10.6 Å². The third-order valence-electron chi connectivity index (χ3n) is 3.50. The Balaban J connectivity index is 1.80. The minimum Gasteiger partial charge on any atom is -0.352 e. The number of rotatable bonds is 6. The van der Waals surface area contributed by atoms with Gasteiger partial charge in [-0.1, -0.05) is 37.3 Å². The molecule has 2 atom stereocenters. The van der Waals surface area contributed by atoms with Gasteiger partial charge in [-0.3, -0.25) is 9.59 Å². The topological polar surface area (TPSA) is 84.2 Å². The van der Waals surface area contributed by atoms with Crippen molar-refractivity contribution < 1.29 is 9.59 Å². The Bertz CT molecular complexity index is 471. The number of benzene rings is 1. The van der Waals surface area contributed by atoms with E-state index in [1.165, 1.54) is 0 Å². The second kappa shape index (κ2) is 6.52. The fraction of sp³-hybridized carbons (Fsp3) is 0.467. The zero-order valence-electron chi connectivity index (χ0n) is 11.6. The molecule has 0 aliphatic heterocycles. The van der Waals surface area contributed by atoms with Gasteiger partial charge in [0.25, 0.3) is 0 Å². The number of carbonyl (C=O) groups is 2. The van der Waals surface area contributed by atoms with Crippen LogP contribution in [-0.2, 0) is 9.59 Å². The van der Waals surface area contributed by atoms with Crippen LogP contribution in [0.15, 0.2) is 30.3 Å².